The topological polar surface area (TPSA) is 82.3 Å². The number of phenols is 1. The normalized spacial score (nSPS) is 9.76. The quantitative estimate of drug-likeness (QED) is 0.912. The number of nitrogens with one attached hydrogen (secondary N) is 1. The van der Waals surface area contributed by atoms with Crippen LogP contribution in [0.4, 0.5) is 5.69 Å². The van der Waals surface area contributed by atoms with Gasteiger partial charge in [0.2, 0.25) is 0 Å². The van der Waals surface area contributed by atoms with Crippen molar-refractivity contribution in [3.63, 3.8) is 0 Å². The Hall–Kier alpha value is -2.71. The lowest BCUT2D eigenvalue weighted by Crippen LogP contribution is -2.14. The molecule has 0 aromatic heterocycles. The van der Waals surface area contributed by atoms with Gasteiger partial charge in [0.1, 0.15) is 23.3 Å². The van der Waals surface area contributed by atoms with E-state index in [9.17, 15) is 9.90 Å². The average molecular weight is 303 g/mol. The lowest BCUT2D eigenvalue weighted by atomic mass is 10.1. The highest BCUT2D eigenvalue weighted by molar-refractivity contribution is 6.31. The van der Waals surface area contributed by atoms with Crippen molar-refractivity contribution in [3.05, 3.63) is 52.5 Å². The number of phenolic OH excluding ortho intramolecular Hbond substituents is 1. The molecule has 5 nitrogen and oxygen atoms in total. The van der Waals surface area contributed by atoms with E-state index in [4.69, 9.17) is 21.6 Å². The number of aromatic hydroxyl groups is 1. The first-order chi connectivity index (χ1) is 10.1. The van der Waals surface area contributed by atoms with Crippen LogP contribution in [0.3, 0.4) is 0 Å². The zero-order chi connectivity index (χ0) is 15.4. The van der Waals surface area contributed by atoms with Gasteiger partial charge in [-0.1, -0.05) is 17.7 Å². The van der Waals surface area contributed by atoms with Gasteiger partial charge in [0, 0.05) is 5.02 Å². The Labute approximate surface area is 126 Å². The Balaban J connectivity index is 2.41. The molecule has 0 saturated carbocycles. The van der Waals surface area contributed by atoms with Crippen molar-refractivity contribution in [2.45, 2.75) is 0 Å². The summed E-state index contributed by atoms with van der Waals surface area (Å²) in [6.07, 6.45) is 0. The molecule has 0 radical (unpaired) electrons. The van der Waals surface area contributed by atoms with Crippen molar-refractivity contribution >= 4 is 23.2 Å². The summed E-state index contributed by atoms with van der Waals surface area (Å²) in [6, 6.07) is 10.9. The number of ether oxygens (including phenoxy) is 1. The molecule has 0 fully saturated rings. The Kier molecular flexibility index (Phi) is 4.31. The zero-order valence-corrected chi connectivity index (χ0v) is 11.8. The number of carbonyl (C=O) groups is 1. The fourth-order valence-corrected chi connectivity index (χ4v) is 1.97. The molecule has 0 aliphatic rings. The first kappa shape index (κ1) is 14.7. The van der Waals surface area contributed by atoms with E-state index >= 15 is 0 Å². The third kappa shape index (κ3) is 3.07. The number of hydrogen-bond donors (Lipinski definition) is 2. The molecule has 2 aromatic carbocycles. The van der Waals surface area contributed by atoms with Gasteiger partial charge in [-0.25, -0.2) is 0 Å². The number of carbonyl (C=O) groups excluding carboxylic acids is 1. The number of amides is 1. The minimum Gasteiger partial charge on any atom is -0.507 e. The summed E-state index contributed by atoms with van der Waals surface area (Å²) in [5, 5.41) is 21.7. The largest absolute Gasteiger partial charge is 0.507 e. The highest BCUT2D eigenvalue weighted by atomic mass is 35.5. The second-order valence-electron chi connectivity index (χ2n) is 4.11. The van der Waals surface area contributed by atoms with E-state index in [-0.39, 0.29) is 22.6 Å². The molecule has 6 heteroatoms. The van der Waals surface area contributed by atoms with Crippen LogP contribution in [-0.4, -0.2) is 18.1 Å². The van der Waals surface area contributed by atoms with Crippen molar-refractivity contribution in [1.82, 2.24) is 0 Å². The molecule has 2 N–H and O–H groups in total. The SMILES string of the molecule is COc1cccc(C#N)c1NC(=O)c1cc(Cl)ccc1O. The molecular weight excluding hydrogens is 292 g/mol. The number of nitriles is 1. The van der Waals surface area contributed by atoms with E-state index in [1.807, 2.05) is 6.07 Å². The van der Waals surface area contributed by atoms with Gasteiger partial charge < -0.3 is 15.2 Å². The third-order valence-electron chi connectivity index (χ3n) is 2.81. The number of benzene rings is 2. The van der Waals surface area contributed by atoms with Crippen LogP contribution in [0.2, 0.25) is 5.02 Å². The molecular formula is C15H11ClN2O3. The maximum absolute atomic E-state index is 12.2. The molecule has 2 rings (SSSR count). The van der Waals surface area contributed by atoms with E-state index in [0.29, 0.717) is 10.8 Å². The summed E-state index contributed by atoms with van der Waals surface area (Å²) < 4.78 is 5.12. The molecule has 0 aliphatic heterocycles. The summed E-state index contributed by atoms with van der Waals surface area (Å²) in [6.45, 7) is 0. The van der Waals surface area contributed by atoms with Crippen molar-refractivity contribution in [3.8, 4) is 17.6 Å². The number of halogens is 1. The molecule has 0 aliphatic carbocycles. The molecule has 0 atom stereocenters. The number of anilines is 1. The molecule has 0 heterocycles. The second-order valence-corrected chi connectivity index (χ2v) is 4.55. The number of hydrogen-bond acceptors (Lipinski definition) is 4. The van der Waals surface area contributed by atoms with Crippen molar-refractivity contribution < 1.29 is 14.6 Å². The van der Waals surface area contributed by atoms with Gasteiger partial charge in [-0.15, -0.1) is 0 Å². The van der Waals surface area contributed by atoms with Crippen LogP contribution in [0.25, 0.3) is 0 Å². The molecule has 106 valence electrons. The number of rotatable bonds is 3. The predicted octanol–water partition coefficient (Wildman–Crippen LogP) is 3.18. The van der Waals surface area contributed by atoms with Crippen molar-refractivity contribution in [2.24, 2.45) is 0 Å². The van der Waals surface area contributed by atoms with E-state index in [1.54, 1.807) is 18.2 Å². The monoisotopic (exact) mass is 302 g/mol. The first-order valence-corrected chi connectivity index (χ1v) is 6.31. The summed E-state index contributed by atoms with van der Waals surface area (Å²) >= 11 is 5.81. The van der Waals surface area contributed by atoms with E-state index in [0.717, 1.165) is 0 Å². The fourth-order valence-electron chi connectivity index (χ4n) is 1.79. The number of nitrogens with zero attached hydrogens (tertiary/aromatic N) is 1. The Morgan fingerprint density at radius 3 is 2.81 bits per heavy atom. The summed E-state index contributed by atoms with van der Waals surface area (Å²) in [4.78, 5) is 12.2. The Bertz CT molecular complexity index is 738. The van der Waals surface area contributed by atoms with Crippen LogP contribution in [0.1, 0.15) is 15.9 Å². The highest BCUT2D eigenvalue weighted by Gasteiger charge is 2.16. The average Bonchev–Trinajstić information content (AvgIpc) is 2.49. The van der Waals surface area contributed by atoms with E-state index in [2.05, 4.69) is 5.32 Å². The molecule has 0 saturated heterocycles. The van der Waals surface area contributed by atoms with Crippen LogP contribution >= 0.6 is 11.6 Å². The summed E-state index contributed by atoms with van der Waals surface area (Å²) in [7, 11) is 1.43. The third-order valence-corrected chi connectivity index (χ3v) is 3.04. The second kappa shape index (κ2) is 6.16. The van der Waals surface area contributed by atoms with Gasteiger partial charge in [-0.05, 0) is 30.3 Å². The maximum Gasteiger partial charge on any atom is 0.259 e. The molecule has 2 aromatic rings. The van der Waals surface area contributed by atoms with Gasteiger partial charge in [-0.2, -0.15) is 5.26 Å². The Morgan fingerprint density at radius 1 is 1.38 bits per heavy atom. The lowest BCUT2D eigenvalue weighted by molar-refractivity contribution is 0.102. The fraction of sp³-hybridized carbons (Fsp3) is 0.0667. The standard InChI is InChI=1S/C15H11ClN2O3/c1-21-13-4-2-3-9(8-17)14(13)18-15(20)11-7-10(16)5-6-12(11)19/h2-7,19H,1H3,(H,18,20). The Morgan fingerprint density at radius 2 is 2.14 bits per heavy atom. The van der Waals surface area contributed by atoms with Crippen LogP contribution in [0.5, 0.6) is 11.5 Å². The molecule has 1 amide bonds. The van der Waals surface area contributed by atoms with Crippen molar-refractivity contribution in [2.75, 3.05) is 12.4 Å². The maximum atomic E-state index is 12.2. The van der Waals surface area contributed by atoms with Crippen LogP contribution in [0.15, 0.2) is 36.4 Å². The predicted molar refractivity (Wildman–Crippen MR) is 78.8 cm³/mol. The lowest BCUT2D eigenvalue weighted by Gasteiger charge is -2.12. The summed E-state index contributed by atoms with van der Waals surface area (Å²) in [5.74, 6) is -0.440. The number of para-hydroxylation sites is 1. The minimum absolute atomic E-state index is 0.0114. The van der Waals surface area contributed by atoms with Gasteiger partial charge in [0.25, 0.3) is 5.91 Å². The van der Waals surface area contributed by atoms with Crippen LogP contribution < -0.4 is 10.1 Å². The van der Waals surface area contributed by atoms with Crippen molar-refractivity contribution in [1.29, 1.82) is 5.26 Å². The smallest absolute Gasteiger partial charge is 0.259 e. The molecule has 0 unspecified atom stereocenters. The molecule has 0 spiro atoms. The van der Waals surface area contributed by atoms with Crippen LogP contribution in [0, 0.1) is 11.3 Å². The molecule has 0 bridgehead atoms. The van der Waals surface area contributed by atoms with Crippen LogP contribution in [-0.2, 0) is 0 Å². The minimum atomic E-state index is -0.587. The number of methoxy groups -OCH3 is 1. The van der Waals surface area contributed by atoms with Gasteiger partial charge in [0.05, 0.1) is 18.2 Å². The highest BCUT2D eigenvalue weighted by Crippen LogP contribution is 2.29. The molecule has 21 heavy (non-hydrogen) atoms. The van der Waals surface area contributed by atoms with Gasteiger partial charge in [-0.3, -0.25) is 4.79 Å². The first-order valence-electron chi connectivity index (χ1n) is 5.93. The van der Waals surface area contributed by atoms with Gasteiger partial charge >= 0.3 is 0 Å². The summed E-state index contributed by atoms with van der Waals surface area (Å²) in [5.41, 5.74) is 0.508. The van der Waals surface area contributed by atoms with E-state index in [1.165, 1.54) is 25.3 Å². The zero-order valence-electron chi connectivity index (χ0n) is 11.1. The van der Waals surface area contributed by atoms with E-state index < -0.39 is 5.91 Å². The van der Waals surface area contributed by atoms with Gasteiger partial charge in [0.15, 0.2) is 0 Å².